The van der Waals surface area contributed by atoms with Gasteiger partial charge in [0, 0.05) is 43.2 Å². The van der Waals surface area contributed by atoms with Gasteiger partial charge in [-0.15, -0.1) is 0 Å². The molecule has 2 heterocycles. The number of benzene rings is 3. The molecule has 0 unspecified atom stereocenters. The lowest BCUT2D eigenvalue weighted by molar-refractivity contribution is 0.238. The van der Waals surface area contributed by atoms with E-state index in [4.69, 9.17) is 30.8 Å². The summed E-state index contributed by atoms with van der Waals surface area (Å²) < 4.78 is 21.3. The van der Waals surface area contributed by atoms with Gasteiger partial charge in [0.25, 0.3) is 0 Å². The third-order valence-electron chi connectivity index (χ3n) is 8.84. The topological polar surface area (TPSA) is 52.0 Å². The lowest BCUT2D eigenvalue weighted by atomic mass is 10.1. The quantitative estimate of drug-likeness (QED) is 0.0955. The molecule has 7 nitrogen and oxygen atoms in total. The SMILES string of the molecule is CCCCn1c(-c2ccc(OCCc3cccc(Cl)c3)cc2OCCCN(CC)CC)nc2ccc(OCCN3CCCC3)cc21. The van der Waals surface area contributed by atoms with Gasteiger partial charge < -0.3 is 23.7 Å². The van der Waals surface area contributed by atoms with Crippen molar-refractivity contribution in [2.24, 2.45) is 0 Å². The molecule has 0 radical (unpaired) electrons. The predicted octanol–water partition coefficient (Wildman–Crippen LogP) is 8.36. The average Bonchev–Trinajstić information content (AvgIpc) is 3.72. The summed E-state index contributed by atoms with van der Waals surface area (Å²) in [5.74, 6) is 3.40. The Hall–Kier alpha value is -3.26. The fourth-order valence-electron chi connectivity index (χ4n) is 6.13. The molecule has 46 heavy (non-hydrogen) atoms. The van der Waals surface area contributed by atoms with Gasteiger partial charge in [-0.1, -0.05) is 50.9 Å². The summed E-state index contributed by atoms with van der Waals surface area (Å²) >= 11 is 6.19. The summed E-state index contributed by atoms with van der Waals surface area (Å²) in [6.07, 6.45) is 6.47. The van der Waals surface area contributed by atoms with Crippen molar-refractivity contribution in [1.29, 1.82) is 0 Å². The summed E-state index contributed by atoms with van der Waals surface area (Å²) in [6, 6.07) is 20.4. The molecule has 0 N–H and O–H groups in total. The van der Waals surface area contributed by atoms with Crippen LogP contribution >= 0.6 is 11.6 Å². The van der Waals surface area contributed by atoms with E-state index in [-0.39, 0.29) is 0 Å². The number of unbranched alkanes of at least 4 members (excludes halogenated alkanes) is 1. The fourth-order valence-corrected chi connectivity index (χ4v) is 6.34. The second kappa shape index (κ2) is 17.6. The first-order valence-electron chi connectivity index (χ1n) is 17.3. The van der Waals surface area contributed by atoms with Crippen molar-refractivity contribution in [3.8, 4) is 28.6 Å². The number of hydrogen-bond acceptors (Lipinski definition) is 6. The highest BCUT2D eigenvalue weighted by atomic mass is 35.5. The summed E-state index contributed by atoms with van der Waals surface area (Å²) in [7, 11) is 0. The second-order valence-corrected chi connectivity index (χ2v) is 12.5. The Kier molecular flexibility index (Phi) is 13.0. The van der Waals surface area contributed by atoms with Gasteiger partial charge in [-0.2, -0.15) is 0 Å². The van der Waals surface area contributed by atoms with Gasteiger partial charge in [0.05, 0.1) is 29.8 Å². The lowest BCUT2D eigenvalue weighted by Crippen LogP contribution is -2.25. The summed E-state index contributed by atoms with van der Waals surface area (Å²) in [5.41, 5.74) is 4.19. The van der Waals surface area contributed by atoms with Crippen LogP contribution in [0.25, 0.3) is 22.4 Å². The lowest BCUT2D eigenvalue weighted by Gasteiger charge is -2.19. The number of likely N-dealkylation sites (tertiary alicyclic amines) is 1. The van der Waals surface area contributed by atoms with Crippen molar-refractivity contribution in [3.63, 3.8) is 0 Å². The highest BCUT2D eigenvalue weighted by Crippen LogP contribution is 2.36. The van der Waals surface area contributed by atoms with Crippen LogP contribution in [0.1, 0.15) is 58.4 Å². The zero-order chi connectivity index (χ0) is 32.1. The summed E-state index contributed by atoms with van der Waals surface area (Å²) in [6.45, 7) is 15.8. The monoisotopic (exact) mass is 646 g/mol. The molecule has 3 aromatic carbocycles. The number of fused-ring (bicyclic) bond motifs is 1. The highest BCUT2D eigenvalue weighted by Gasteiger charge is 2.19. The van der Waals surface area contributed by atoms with Gasteiger partial charge in [-0.3, -0.25) is 4.90 Å². The number of halogens is 1. The van der Waals surface area contributed by atoms with Gasteiger partial charge >= 0.3 is 0 Å². The van der Waals surface area contributed by atoms with Crippen molar-refractivity contribution in [1.82, 2.24) is 19.4 Å². The van der Waals surface area contributed by atoms with E-state index in [2.05, 4.69) is 65.5 Å². The van der Waals surface area contributed by atoms with E-state index in [1.54, 1.807) is 0 Å². The van der Waals surface area contributed by atoms with Crippen molar-refractivity contribution in [2.75, 3.05) is 59.1 Å². The number of nitrogens with zero attached hydrogens (tertiary/aromatic N) is 4. The van der Waals surface area contributed by atoms with Crippen molar-refractivity contribution >= 4 is 22.6 Å². The first-order valence-corrected chi connectivity index (χ1v) is 17.7. The molecule has 5 rings (SSSR count). The smallest absolute Gasteiger partial charge is 0.144 e. The third kappa shape index (κ3) is 9.40. The van der Waals surface area contributed by atoms with E-state index in [0.29, 0.717) is 19.8 Å². The molecule has 1 aliphatic rings. The standard InChI is InChI=1S/C38H51ClN4O3/c1-4-7-22-43-36-28-32(45-26-23-42-19-8-9-20-42)15-17-35(36)40-38(43)34-16-14-33(44-25-18-30-12-10-13-31(39)27-30)29-37(34)46-24-11-21-41(5-2)6-3/h10,12-17,27-29H,4-9,11,18-26H2,1-3H3. The van der Waals surface area contributed by atoms with E-state index in [1.807, 2.05) is 30.3 Å². The van der Waals surface area contributed by atoms with Crippen LogP contribution < -0.4 is 14.2 Å². The zero-order valence-electron chi connectivity index (χ0n) is 28.0. The van der Waals surface area contributed by atoms with Crippen LogP contribution in [0.5, 0.6) is 17.2 Å². The van der Waals surface area contributed by atoms with Gasteiger partial charge in [-0.25, -0.2) is 4.98 Å². The third-order valence-corrected chi connectivity index (χ3v) is 9.08. The van der Waals surface area contributed by atoms with Crippen LogP contribution in [0.3, 0.4) is 0 Å². The Balaban J connectivity index is 1.38. The molecule has 248 valence electrons. The van der Waals surface area contributed by atoms with Crippen LogP contribution in [0.4, 0.5) is 0 Å². The maximum atomic E-state index is 6.53. The Morgan fingerprint density at radius 3 is 2.37 bits per heavy atom. The van der Waals surface area contributed by atoms with Crippen LogP contribution in [0.2, 0.25) is 5.02 Å². The first kappa shape index (κ1) is 34.1. The Morgan fingerprint density at radius 2 is 1.59 bits per heavy atom. The van der Waals surface area contributed by atoms with Crippen LogP contribution in [0.15, 0.2) is 60.7 Å². The maximum absolute atomic E-state index is 6.53. The van der Waals surface area contributed by atoms with Crippen molar-refractivity contribution in [3.05, 3.63) is 71.2 Å². The number of imidazole rings is 1. The molecule has 8 heteroatoms. The second-order valence-electron chi connectivity index (χ2n) is 12.1. The first-order chi connectivity index (χ1) is 22.6. The number of hydrogen-bond donors (Lipinski definition) is 0. The molecule has 1 aliphatic heterocycles. The van der Waals surface area contributed by atoms with E-state index in [0.717, 1.165) is 109 Å². The molecule has 4 aromatic rings. The fraction of sp³-hybridized carbons (Fsp3) is 0.500. The van der Waals surface area contributed by atoms with Crippen LogP contribution in [-0.2, 0) is 13.0 Å². The van der Waals surface area contributed by atoms with E-state index in [9.17, 15) is 0 Å². The normalized spacial score (nSPS) is 13.6. The molecule has 0 spiro atoms. The van der Waals surface area contributed by atoms with Crippen LogP contribution in [0, 0.1) is 0 Å². The Bertz CT molecular complexity index is 1510. The summed E-state index contributed by atoms with van der Waals surface area (Å²) in [5, 5.41) is 0.744. The number of ether oxygens (including phenoxy) is 3. The van der Waals surface area contributed by atoms with Crippen LogP contribution in [-0.4, -0.2) is 78.4 Å². The molecule has 0 atom stereocenters. The zero-order valence-corrected chi connectivity index (χ0v) is 28.7. The molecule has 0 bridgehead atoms. The molecular formula is C38H51ClN4O3. The molecule has 1 saturated heterocycles. The highest BCUT2D eigenvalue weighted by molar-refractivity contribution is 6.30. The average molecular weight is 647 g/mol. The largest absolute Gasteiger partial charge is 0.493 e. The summed E-state index contributed by atoms with van der Waals surface area (Å²) in [4.78, 5) is 10.1. The predicted molar refractivity (Wildman–Crippen MR) is 190 cm³/mol. The van der Waals surface area contributed by atoms with E-state index < -0.39 is 0 Å². The number of aryl methyl sites for hydroxylation is 1. The molecule has 1 fully saturated rings. The number of aromatic nitrogens is 2. The van der Waals surface area contributed by atoms with E-state index in [1.165, 1.54) is 25.9 Å². The van der Waals surface area contributed by atoms with Crippen molar-refractivity contribution in [2.45, 2.75) is 65.8 Å². The maximum Gasteiger partial charge on any atom is 0.144 e. The minimum Gasteiger partial charge on any atom is -0.493 e. The molecule has 0 aliphatic carbocycles. The minimum absolute atomic E-state index is 0.552. The molecule has 0 saturated carbocycles. The van der Waals surface area contributed by atoms with Crippen molar-refractivity contribution < 1.29 is 14.2 Å². The van der Waals surface area contributed by atoms with Gasteiger partial charge in [0.1, 0.15) is 29.7 Å². The molecule has 1 aromatic heterocycles. The minimum atomic E-state index is 0.552. The van der Waals surface area contributed by atoms with Gasteiger partial charge in [0.2, 0.25) is 0 Å². The molecule has 0 amide bonds. The number of rotatable bonds is 19. The van der Waals surface area contributed by atoms with Gasteiger partial charge in [-0.05, 0) is 93.8 Å². The Labute approximate surface area is 280 Å². The Morgan fingerprint density at radius 1 is 0.804 bits per heavy atom. The van der Waals surface area contributed by atoms with E-state index >= 15 is 0 Å². The molecular weight excluding hydrogens is 596 g/mol. The van der Waals surface area contributed by atoms with Gasteiger partial charge in [0.15, 0.2) is 0 Å².